The largest absolute Gasteiger partial charge is 0.497 e. The molecule has 3 nitrogen and oxygen atoms in total. The van der Waals surface area contributed by atoms with Crippen molar-refractivity contribution >= 4 is 0 Å². The van der Waals surface area contributed by atoms with Gasteiger partial charge in [0, 0.05) is 16.7 Å². The van der Waals surface area contributed by atoms with Crippen molar-refractivity contribution in [2.45, 2.75) is 6.61 Å². The molecule has 4 rings (SSSR count). The first kappa shape index (κ1) is 23.2. The maximum atomic E-state index is 14.7. The molecule has 0 atom stereocenters. The van der Waals surface area contributed by atoms with Gasteiger partial charge in [0.05, 0.1) is 14.2 Å². The summed E-state index contributed by atoms with van der Waals surface area (Å²) in [5.41, 5.74) is 1.17. The van der Waals surface area contributed by atoms with Crippen molar-refractivity contribution in [1.29, 1.82) is 0 Å². The summed E-state index contributed by atoms with van der Waals surface area (Å²) in [5.74, 6) is -3.29. The molecular formula is C27H20F4O3. The van der Waals surface area contributed by atoms with Gasteiger partial charge in [-0.25, -0.2) is 13.2 Å². The van der Waals surface area contributed by atoms with Crippen LogP contribution in [-0.2, 0) is 6.61 Å². The average Bonchev–Trinajstić information content (AvgIpc) is 2.87. The van der Waals surface area contributed by atoms with Gasteiger partial charge in [0.2, 0.25) is 5.82 Å². The average molecular weight is 468 g/mol. The van der Waals surface area contributed by atoms with Crippen molar-refractivity contribution in [2.75, 3.05) is 14.2 Å². The van der Waals surface area contributed by atoms with Crippen molar-refractivity contribution < 1.29 is 31.8 Å². The molecule has 0 aliphatic heterocycles. The first-order valence-electron chi connectivity index (χ1n) is 10.3. The van der Waals surface area contributed by atoms with Crippen LogP contribution in [0.5, 0.6) is 17.2 Å². The summed E-state index contributed by atoms with van der Waals surface area (Å²) in [6, 6.07) is 18.5. The Hall–Kier alpha value is -4.00. The molecule has 4 aromatic rings. The zero-order valence-corrected chi connectivity index (χ0v) is 18.4. The number of hydrogen-bond donors (Lipinski definition) is 0. The number of ether oxygens (including phenoxy) is 3. The first-order valence-corrected chi connectivity index (χ1v) is 10.3. The van der Waals surface area contributed by atoms with Crippen LogP contribution < -0.4 is 14.2 Å². The molecule has 0 aromatic heterocycles. The van der Waals surface area contributed by atoms with E-state index >= 15 is 0 Å². The summed E-state index contributed by atoms with van der Waals surface area (Å²) in [6.07, 6.45) is 0. The standard InChI is InChI=1S/C27H20F4O3/c1-32-19-8-3-16(4-9-19)21-12-7-18(24(28)25(21)29)15-34-20-10-5-17(6-11-20)22-13-14-23(33-2)27(31)26(22)30/h3-14H,15H2,1-2H3. The molecule has 34 heavy (non-hydrogen) atoms. The minimum atomic E-state index is -1.07. The van der Waals surface area contributed by atoms with Gasteiger partial charge in [-0.15, -0.1) is 0 Å². The van der Waals surface area contributed by atoms with Gasteiger partial charge in [-0.3, -0.25) is 0 Å². The van der Waals surface area contributed by atoms with Gasteiger partial charge >= 0.3 is 0 Å². The van der Waals surface area contributed by atoms with Gasteiger partial charge in [0.15, 0.2) is 23.2 Å². The lowest BCUT2D eigenvalue weighted by Crippen LogP contribution is -2.02. The van der Waals surface area contributed by atoms with Gasteiger partial charge in [0.1, 0.15) is 18.1 Å². The molecule has 0 unspecified atom stereocenters. The highest BCUT2D eigenvalue weighted by atomic mass is 19.2. The van der Waals surface area contributed by atoms with Crippen LogP contribution >= 0.6 is 0 Å². The van der Waals surface area contributed by atoms with Crippen molar-refractivity contribution in [1.82, 2.24) is 0 Å². The highest BCUT2D eigenvalue weighted by molar-refractivity contribution is 5.67. The van der Waals surface area contributed by atoms with Crippen LogP contribution in [0.2, 0.25) is 0 Å². The van der Waals surface area contributed by atoms with Crippen LogP contribution in [0.3, 0.4) is 0 Å². The SMILES string of the molecule is COc1ccc(-c2ccc(COc3ccc(-c4ccc(OC)c(F)c4F)cc3)c(F)c2F)cc1. The van der Waals surface area contributed by atoms with E-state index in [1.807, 2.05) is 0 Å². The fraction of sp³-hybridized carbons (Fsp3) is 0.111. The Labute approximate surface area is 194 Å². The molecule has 0 saturated carbocycles. The lowest BCUT2D eigenvalue weighted by atomic mass is 10.0. The normalized spacial score (nSPS) is 10.8. The van der Waals surface area contributed by atoms with Gasteiger partial charge in [0.25, 0.3) is 0 Å². The van der Waals surface area contributed by atoms with E-state index in [9.17, 15) is 17.6 Å². The molecule has 7 heteroatoms. The second-order valence-electron chi connectivity index (χ2n) is 7.39. The number of methoxy groups -OCH3 is 2. The third kappa shape index (κ3) is 4.55. The topological polar surface area (TPSA) is 27.7 Å². The Morgan fingerprint density at radius 2 is 1.06 bits per heavy atom. The minimum absolute atomic E-state index is 0.0436. The fourth-order valence-electron chi connectivity index (χ4n) is 3.50. The fourth-order valence-corrected chi connectivity index (χ4v) is 3.50. The molecule has 174 valence electrons. The molecule has 0 aliphatic carbocycles. The molecule has 0 spiro atoms. The Kier molecular flexibility index (Phi) is 6.72. The molecule has 0 fully saturated rings. The number of hydrogen-bond acceptors (Lipinski definition) is 3. The van der Waals surface area contributed by atoms with Gasteiger partial charge in [-0.05, 0) is 47.5 Å². The highest BCUT2D eigenvalue weighted by Crippen LogP contribution is 2.31. The third-order valence-corrected chi connectivity index (χ3v) is 5.39. The predicted octanol–water partition coefficient (Wildman–Crippen LogP) is 7.17. The van der Waals surface area contributed by atoms with E-state index in [0.717, 1.165) is 0 Å². The van der Waals surface area contributed by atoms with Gasteiger partial charge < -0.3 is 14.2 Å². The highest BCUT2D eigenvalue weighted by Gasteiger charge is 2.17. The summed E-state index contributed by atoms with van der Waals surface area (Å²) < 4.78 is 73.1. The monoisotopic (exact) mass is 468 g/mol. The van der Waals surface area contributed by atoms with E-state index < -0.39 is 23.3 Å². The predicted molar refractivity (Wildman–Crippen MR) is 121 cm³/mol. The summed E-state index contributed by atoms with van der Waals surface area (Å²) in [4.78, 5) is 0. The Balaban J connectivity index is 1.48. The third-order valence-electron chi connectivity index (χ3n) is 5.39. The second-order valence-corrected chi connectivity index (χ2v) is 7.39. The van der Waals surface area contributed by atoms with E-state index in [1.165, 1.54) is 50.6 Å². The molecule has 0 saturated heterocycles. The van der Waals surface area contributed by atoms with Crippen molar-refractivity contribution in [2.24, 2.45) is 0 Å². The molecule has 0 aliphatic rings. The Morgan fingerprint density at radius 3 is 1.62 bits per heavy atom. The zero-order valence-electron chi connectivity index (χ0n) is 18.4. The smallest absolute Gasteiger partial charge is 0.201 e. The van der Waals surface area contributed by atoms with Gasteiger partial charge in [-0.2, -0.15) is 4.39 Å². The quantitative estimate of drug-likeness (QED) is 0.269. The van der Waals surface area contributed by atoms with E-state index in [-0.39, 0.29) is 29.0 Å². The van der Waals surface area contributed by atoms with Crippen LogP contribution in [0.1, 0.15) is 5.56 Å². The molecular weight excluding hydrogens is 448 g/mol. The lowest BCUT2D eigenvalue weighted by molar-refractivity contribution is 0.297. The van der Waals surface area contributed by atoms with Crippen LogP contribution in [0, 0.1) is 23.3 Å². The van der Waals surface area contributed by atoms with E-state index in [1.54, 1.807) is 36.4 Å². The molecule has 0 amide bonds. The van der Waals surface area contributed by atoms with Crippen LogP contribution in [-0.4, -0.2) is 14.2 Å². The van der Waals surface area contributed by atoms with Gasteiger partial charge in [-0.1, -0.05) is 36.4 Å². The van der Waals surface area contributed by atoms with Crippen LogP contribution in [0.15, 0.2) is 72.8 Å². The molecule has 0 heterocycles. The maximum absolute atomic E-state index is 14.7. The summed E-state index contributed by atoms with van der Waals surface area (Å²) >= 11 is 0. The van der Waals surface area contributed by atoms with E-state index in [0.29, 0.717) is 22.6 Å². The van der Waals surface area contributed by atoms with Crippen molar-refractivity contribution in [3.63, 3.8) is 0 Å². The lowest BCUT2D eigenvalue weighted by Gasteiger charge is -2.12. The van der Waals surface area contributed by atoms with Crippen LogP contribution in [0.25, 0.3) is 22.3 Å². The maximum Gasteiger partial charge on any atom is 0.201 e. The molecule has 4 aromatic carbocycles. The zero-order chi connectivity index (χ0) is 24.2. The minimum Gasteiger partial charge on any atom is -0.497 e. The van der Waals surface area contributed by atoms with Crippen molar-refractivity contribution in [3.05, 3.63) is 102 Å². The van der Waals surface area contributed by atoms with Crippen molar-refractivity contribution in [3.8, 4) is 39.5 Å². The molecule has 0 N–H and O–H groups in total. The molecule has 0 radical (unpaired) electrons. The number of halogens is 4. The summed E-state index contributed by atoms with van der Waals surface area (Å²) in [7, 11) is 2.78. The van der Waals surface area contributed by atoms with Crippen LogP contribution in [0.4, 0.5) is 17.6 Å². The molecule has 0 bridgehead atoms. The van der Waals surface area contributed by atoms with E-state index in [4.69, 9.17) is 14.2 Å². The number of rotatable bonds is 7. The number of benzene rings is 4. The Morgan fingerprint density at radius 1 is 0.529 bits per heavy atom. The van der Waals surface area contributed by atoms with E-state index in [2.05, 4.69) is 0 Å². The summed E-state index contributed by atoms with van der Waals surface area (Å²) in [5, 5.41) is 0. The Bertz CT molecular complexity index is 1300. The summed E-state index contributed by atoms with van der Waals surface area (Å²) in [6.45, 7) is -0.212. The first-order chi connectivity index (χ1) is 16.4. The second kappa shape index (κ2) is 9.87.